The summed E-state index contributed by atoms with van der Waals surface area (Å²) >= 11 is 0. The Kier molecular flexibility index (Phi) is 7.04. The standard InChI is InChI=1S/C20H29F3N4O3S/c1-25(17-8-12-27(13-9-17)31(2,29)30)19(28)24-16-6-10-26(11-7-16)18-5-3-4-15(14-18)20(21,22)23/h3-5,14,16-17H,6-13H2,1-2H3,(H,24,28). The molecule has 3 rings (SSSR count). The molecule has 2 saturated heterocycles. The fraction of sp³-hybridized carbons (Fsp3) is 0.650. The van der Waals surface area contributed by atoms with Crippen LogP contribution in [-0.2, 0) is 16.2 Å². The zero-order valence-electron chi connectivity index (χ0n) is 17.7. The number of benzene rings is 1. The Balaban J connectivity index is 1.48. The molecule has 2 fully saturated rings. The minimum atomic E-state index is -4.37. The molecule has 1 aromatic carbocycles. The second-order valence-corrected chi connectivity index (χ2v) is 10.2. The van der Waals surface area contributed by atoms with Gasteiger partial charge >= 0.3 is 12.2 Å². The second kappa shape index (κ2) is 9.23. The summed E-state index contributed by atoms with van der Waals surface area (Å²) in [5.74, 6) is 0. The van der Waals surface area contributed by atoms with Gasteiger partial charge in [-0.1, -0.05) is 6.07 Å². The minimum absolute atomic E-state index is 0.0248. The SMILES string of the molecule is CN(C(=O)NC1CCN(c2cccc(C(F)(F)F)c2)CC1)C1CCN(S(C)(=O)=O)CC1. The lowest BCUT2D eigenvalue weighted by atomic mass is 10.0. The van der Waals surface area contributed by atoms with Crippen LogP contribution in [0.2, 0.25) is 0 Å². The third-order valence-electron chi connectivity index (χ3n) is 6.12. The molecule has 7 nitrogen and oxygen atoms in total. The Labute approximate surface area is 181 Å². The maximum atomic E-state index is 12.9. The number of carbonyl (C=O) groups is 1. The van der Waals surface area contributed by atoms with E-state index in [4.69, 9.17) is 0 Å². The molecule has 0 aromatic heterocycles. The van der Waals surface area contributed by atoms with Gasteiger partial charge in [0.15, 0.2) is 0 Å². The summed E-state index contributed by atoms with van der Waals surface area (Å²) in [4.78, 5) is 16.2. The Morgan fingerprint density at radius 1 is 1.10 bits per heavy atom. The molecule has 0 bridgehead atoms. The summed E-state index contributed by atoms with van der Waals surface area (Å²) in [5.41, 5.74) is -0.127. The molecule has 2 amide bonds. The number of amides is 2. The molecule has 1 aromatic rings. The van der Waals surface area contributed by atoms with Crippen LogP contribution < -0.4 is 10.2 Å². The molecule has 0 radical (unpaired) electrons. The van der Waals surface area contributed by atoms with Crippen molar-refractivity contribution in [3.05, 3.63) is 29.8 Å². The highest BCUT2D eigenvalue weighted by atomic mass is 32.2. The maximum Gasteiger partial charge on any atom is 0.416 e. The van der Waals surface area contributed by atoms with E-state index in [0.29, 0.717) is 57.5 Å². The molecule has 2 heterocycles. The van der Waals surface area contributed by atoms with Crippen LogP contribution in [-0.4, -0.2) is 75.2 Å². The van der Waals surface area contributed by atoms with Crippen LogP contribution in [0.5, 0.6) is 0 Å². The first kappa shape index (κ1) is 23.6. The number of halogens is 3. The van der Waals surface area contributed by atoms with Crippen molar-refractivity contribution in [2.75, 3.05) is 44.4 Å². The number of carbonyl (C=O) groups excluding carboxylic acids is 1. The Bertz CT molecular complexity index is 878. The summed E-state index contributed by atoms with van der Waals surface area (Å²) in [5, 5.41) is 3.01. The lowest BCUT2D eigenvalue weighted by molar-refractivity contribution is -0.137. The quantitative estimate of drug-likeness (QED) is 0.747. The Hall–Kier alpha value is -2.01. The van der Waals surface area contributed by atoms with Gasteiger partial charge in [-0.05, 0) is 43.9 Å². The van der Waals surface area contributed by atoms with Crippen LogP contribution in [0.1, 0.15) is 31.2 Å². The highest BCUT2D eigenvalue weighted by Gasteiger charge is 2.32. The molecule has 1 N–H and O–H groups in total. The number of piperidine rings is 2. The average molecular weight is 463 g/mol. The van der Waals surface area contributed by atoms with Crippen molar-refractivity contribution in [2.45, 2.75) is 43.9 Å². The van der Waals surface area contributed by atoms with Gasteiger partial charge in [-0.15, -0.1) is 0 Å². The first-order valence-corrected chi connectivity index (χ1v) is 12.2. The third kappa shape index (κ3) is 6.03. The fourth-order valence-corrected chi connectivity index (χ4v) is 5.04. The molecule has 2 aliphatic heterocycles. The van der Waals surface area contributed by atoms with Gasteiger partial charge in [-0.2, -0.15) is 13.2 Å². The average Bonchev–Trinajstić information content (AvgIpc) is 2.72. The summed E-state index contributed by atoms with van der Waals surface area (Å²) in [6.45, 7) is 1.92. The Morgan fingerprint density at radius 2 is 1.71 bits per heavy atom. The number of hydrogen-bond acceptors (Lipinski definition) is 4. The number of rotatable bonds is 4. The van der Waals surface area contributed by atoms with Crippen molar-refractivity contribution < 1.29 is 26.4 Å². The molecule has 174 valence electrons. The summed E-state index contributed by atoms with van der Waals surface area (Å²) in [6.07, 6.45) is -0.722. The van der Waals surface area contributed by atoms with Crippen molar-refractivity contribution in [3.8, 4) is 0 Å². The first-order chi connectivity index (χ1) is 14.4. The van der Waals surface area contributed by atoms with Gasteiger partial charge in [0.25, 0.3) is 0 Å². The van der Waals surface area contributed by atoms with E-state index in [1.54, 1.807) is 18.0 Å². The van der Waals surface area contributed by atoms with E-state index >= 15 is 0 Å². The summed E-state index contributed by atoms with van der Waals surface area (Å²) < 4.78 is 63.5. The van der Waals surface area contributed by atoms with Crippen LogP contribution in [0.25, 0.3) is 0 Å². The largest absolute Gasteiger partial charge is 0.416 e. The number of nitrogens with one attached hydrogen (secondary N) is 1. The number of alkyl halides is 3. The van der Waals surface area contributed by atoms with Gasteiger partial charge in [0.05, 0.1) is 11.8 Å². The number of anilines is 1. The predicted molar refractivity (Wildman–Crippen MR) is 112 cm³/mol. The molecular formula is C20H29F3N4O3S. The normalized spacial score (nSPS) is 20.0. The molecule has 0 spiro atoms. The van der Waals surface area contributed by atoms with Crippen LogP contribution in [0.4, 0.5) is 23.7 Å². The number of urea groups is 1. The van der Waals surface area contributed by atoms with E-state index in [1.165, 1.54) is 16.6 Å². The molecule has 0 aliphatic carbocycles. The molecule has 0 unspecified atom stereocenters. The maximum absolute atomic E-state index is 12.9. The molecule has 11 heteroatoms. The van der Waals surface area contributed by atoms with E-state index in [1.807, 2.05) is 4.90 Å². The van der Waals surface area contributed by atoms with E-state index in [2.05, 4.69) is 5.32 Å². The van der Waals surface area contributed by atoms with Crippen LogP contribution in [0, 0.1) is 0 Å². The third-order valence-corrected chi connectivity index (χ3v) is 7.42. The lowest BCUT2D eigenvalue weighted by Gasteiger charge is -2.38. The van der Waals surface area contributed by atoms with Gasteiger partial charge in [0.2, 0.25) is 10.0 Å². The number of hydrogen-bond donors (Lipinski definition) is 1. The highest BCUT2D eigenvalue weighted by Crippen LogP contribution is 2.32. The van der Waals surface area contributed by atoms with Crippen LogP contribution >= 0.6 is 0 Å². The number of sulfonamides is 1. The van der Waals surface area contributed by atoms with E-state index in [9.17, 15) is 26.4 Å². The second-order valence-electron chi connectivity index (χ2n) is 8.26. The Morgan fingerprint density at radius 3 is 2.26 bits per heavy atom. The van der Waals surface area contributed by atoms with E-state index in [0.717, 1.165) is 12.1 Å². The van der Waals surface area contributed by atoms with Crippen molar-refractivity contribution in [2.24, 2.45) is 0 Å². The molecule has 0 atom stereocenters. The molecule has 31 heavy (non-hydrogen) atoms. The van der Waals surface area contributed by atoms with Crippen molar-refractivity contribution >= 4 is 21.7 Å². The van der Waals surface area contributed by atoms with Crippen molar-refractivity contribution in [3.63, 3.8) is 0 Å². The summed E-state index contributed by atoms with van der Waals surface area (Å²) in [6, 6.07) is 5.04. The lowest BCUT2D eigenvalue weighted by Crippen LogP contribution is -2.53. The zero-order chi connectivity index (χ0) is 22.8. The highest BCUT2D eigenvalue weighted by molar-refractivity contribution is 7.88. The van der Waals surface area contributed by atoms with Crippen LogP contribution in [0.3, 0.4) is 0 Å². The molecule has 0 saturated carbocycles. The fourth-order valence-electron chi connectivity index (χ4n) is 4.16. The van der Waals surface area contributed by atoms with Gasteiger partial charge in [-0.3, -0.25) is 0 Å². The van der Waals surface area contributed by atoms with Gasteiger partial charge in [0.1, 0.15) is 0 Å². The van der Waals surface area contributed by atoms with Crippen molar-refractivity contribution in [1.82, 2.24) is 14.5 Å². The van der Waals surface area contributed by atoms with E-state index < -0.39 is 21.8 Å². The van der Waals surface area contributed by atoms with Gasteiger partial charge in [-0.25, -0.2) is 17.5 Å². The number of nitrogens with zero attached hydrogens (tertiary/aromatic N) is 3. The van der Waals surface area contributed by atoms with Crippen LogP contribution in [0.15, 0.2) is 24.3 Å². The van der Waals surface area contributed by atoms with E-state index in [-0.39, 0.29) is 18.1 Å². The smallest absolute Gasteiger partial charge is 0.371 e. The predicted octanol–water partition coefficient (Wildman–Crippen LogP) is 2.74. The minimum Gasteiger partial charge on any atom is -0.371 e. The topological polar surface area (TPSA) is 73.0 Å². The van der Waals surface area contributed by atoms with Gasteiger partial charge < -0.3 is 15.1 Å². The first-order valence-electron chi connectivity index (χ1n) is 10.4. The van der Waals surface area contributed by atoms with Gasteiger partial charge in [0, 0.05) is 51.0 Å². The molecular weight excluding hydrogens is 433 g/mol. The van der Waals surface area contributed by atoms with Crippen molar-refractivity contribution in [1.29, 1.82) is 0 Å². The zero-order valence-corrected chi connectivity index (χ0v) is 18.5. The molecule has 2 aliphatic rings. The summed E-state index contributed by atoms with van der Waals surface area (Å²) in [7, 11) is -1.49. The monoisotopic (exact) mass is 462 g/mol.